The van der Waals surface area contributed by atoms with E-state index in [9.17, 15) is 0 Å². The van der Waals surface area contributed by atoms with Crippen molar-refractivity contribution in [3.8, 4) is 0 Å². The second kappa shape index (κ2) is 4.76. The third-order valence-corrected chi connectivity index (χ3v) is 7.76. The molecule has 0 bridgehead atoms. The van der Waals surface area contributed by atoms with Crippen molar-refractivity contribution in [2.24, 2.45) is 0 Å². The van der Waals surface area contributed by atoms with Crippen molar-refractivity contribution >= 4 is 75.0 Å². The molecule has 8 rings (SSSR count). The van der Waals surface area contributed by atoms with Crippen LogP contribution in [0.25, 0.3) is 63.7 Å². The molecule has 3 heteroatoms. The Kier molecular flexibility index (Phi) is 2.39. The molecule has 2 nitrogen and oxygen atoms in total. The number of nitrogens with zero attached hydrogens (tertiary/aromatic N) is 2. The topological polar surface area (TPSA) is 8.81 Å². The summed E-state index contributed by atoms with van der Waals surface area (Å²) in [7, 11) is 0. The second-order valence-corrected chi connectivity index (χ2v) is 9.09. The molecule has 29 heavy (non-hydrogen) atoms. The van der Waals surface area contributed by atoms with Crippen molar-refractivity contribution in [2.75, 3.05) is 0 Å². The van der Waals surface area contributed by atoms with Crippen molar-refractivity contribution < 1.29 is 4.57 Å². The minimum Gasteiger partial charge on any atom is -0.284 e. The molecule has 0 aliphatic carbocycles. The monoisotopic (exact) mass is 387 g/mol. The van der Waals surface area contributed by atoms with Crippen LogP contribution in [0.3, 0.4) is 0 Å². The first-order valence-electron chi connectivity index (χ1n) is 9.99. The lowest BCUT2D eigenvalue weighted by Gasteiger charge is -2.09. The summed E-state index contributed by atoms with van der Waals surface area (Å²) in [5.74, 6) is 0. The number of fused-ring (bicyclic) bond motifs is 6. The molecule has 0 unspecified atom stereocenters. The lowest BCUT2D eigenvalue weighted by Crippen LogP contribution is -2.36. The van der Waals surface area contributed by atoms with Gasteiger partial charge in [0.25, 0.3) is 0 Å². The summed E-state index contributed by atoms with van der Waals surface area (Å²) in [4.78, 5) is 0. The van der Waals surface area contributed by atoms with Gasteiger partial charge < -0.3 is 0 Å². The van der Waals surface area contributed by atoms with Crippen molar-refractivity contribution in [1.29, 1.82) is 0 Å². The van der Waals surface area contributed by atoms with Crippen LogP contribution in [0.5, 0.6) is 0 Å². The van der Waals surface area contributed by atoms with Crippen LogP contribution in [0, 0.1) is 0 Å². The summed E-state index contributed by atoms with van der Waals surface area (Å²) < 4.78 is 7.71. The molecular formula is C26H15N2S+. The molecule has 0 radical (unpaired) electrons. The first-order valence-corrected chi connectivity index (χ1v) is 10.8. The van der Waals surface area contributed by atoms with E-state index in [1.165, 1.54) is 63.7 Å². The van der Waals surface area contributed by atoms with E-state index in [0.29, 0.717) is 0 Å². The Morgan fingerprint density at radius 2 is 1.45 bits per heavy atom. The van der Waals surface area contributed by atoms with Crippen molar-refractivity contribution in [1.82, 2.24) is 4.57 Å². The van der Waals surface area contributed by atoms with E-state index in [2.05, 4.69) is 88.1 Å². The number of rotatable bonds is 0. The van der Waals surface area contributed by atoms with E-state index in [4.69, 9.17) is 0 Å². The van der Waals surface area contributed by atoms with Gasteiger partial charge in [0.2, 0.25) is 12.2 Å². The molecule has 4 heterocycles. The molecule has 0 atom stereocenters. The van der Waals surface area contributed by atoms with E-state index < -0.39 is 0 Å². The number of pyridine rings is 1. The molecule has 1 aliphatic rings. The number of benzene rings is 4. The molecule has 1 aliphatic heterocycles. The highest BCUT2D eigenvalue weighted by atomic mass is 32.1. The number of thiophene rings is 1. The van der Waals surface area contributed by atoms with Crippen molar-refractivity contribution in [3.05, 3.63) is 79.0 Å². The molecule has 0 N–H and O–H groups in total. The van der Waals surface area contributed by atoms with E-state index in [-0.39, 0.29) is 0 Å². The van der Waals surface area contributed by atoms with Crippen molar-refractivity contribution in [3.63, 3.8) is 0 Å². The van der Waals surface area contributed by atoms with Crippen LogP contribution in [-0.4, -0.2) is 4.57 Å². The quantitative estimate of drug-likeness (QED) is 0.205. The molecule has 7 aromatic rings. The number of hydrogen-bond acceptors (Lipinski definition) is 1. The zero-order valence-corrected chi connectivity index (χ0v) is 16.3. The number of para-hydroxylation sites is 1. The molecule has 4 aromatic carbocycles. The maximum absolute atomic E-state index is 2.53. The lowest BCUT2D eigenvalue weighted by molar-refractivity contribution is -0.674. The molecule has 0 spiro atoms. The number of hydrogen-bond donors (Lipinski definition) is 0. The third kappa shape index (κ3) is 1.56. The molecule has 3 aromatic heterocycles. The Bertz CT molecular complexity index is 1830. The van der Waals surface area contributed by atoms with Gasteiger partial charge in [-0.25, -0.2) is 0 Å². The third-order valence-electron chi connectivity index (χ3n) is 6.65. The summed E-state index contributed by atoms with van der Waals surface area (Å²) in [5, 5.41) is 9.64. The van der Waals surface area contributed by atoms with Crippen LogP contribution >= 0.6 is 11.3 Å². The predicted octanol–water partition coefficient (Wildman–Crippen LogP) is 6.58. The first-order chi connectivity index (χ1) is 14.4. The Morgan fingerprint density at radius 1 is 0.655 bits per heavy atom. The summed E-state index contributed by atoms with van der Waals surface area (Å²) in [6.07, 6.45) is 2.24. The van der Waals surface area contributed by atoms with Gasteiger partial charge in [0.1, 0.15) is 4.70 Å². The van der Waals surface area contributed by atoms with Crippen LogP contribution in [0.2, 0.25) is 0 Å². The van der Waals surface area contributed by atoms with E-state index in [1.807, 2.05) is 11.3 Å². The van der Waals surface area contributed by atoms with Gasteiger partial charge in [-0.3, -0.25) is 4.57 Å². The zero-order chi connectivity index (χ0) is 18.7. The molecule has 0 saturated carbocycles. The Labute approximate surface area is 169 Å². The Morgan fingerprint density at radius 3 is 2.38 bits per heavy atom. The van der Waals surface area contributed by atoms with Gasteiger partial charge in [-0.15, -0.1) is 11.3 Å². The van der Waals surface area contributed by atoms with Crippen LogP contribution in [-0.2, 0) is 6.67 Å². The van der Waals surface area contributed by atoms with Crippen LogP contribution in [0.15, 0.2) is 79.0 Å². The molecule has 0 fully saturated rings. The van der Waals surface area contributed by atoms with Crippen molar-refractivity contribution in [2.45, 2.75) is 6.67 Å². The Hall–Kier alpha value is -3.43. The summed E-state index contributed by atoms with van der Waals surface area (Å²) >= 11 is 1.91. The average Bonchev–Trinajstić information content (AvgIpc) is 3.25. The summed E-state index contributed by atoms with van der Waals surface area (Å²) in [6.45, 7) is 0.843. The van der Waals surface area contributed by atoms with Gasteiger partial charge in [0.15, 0.2) is 6.20 Å². The van der Waals surface area contributed by atoms with Crippen LogP contribution in [0.4, 0.5) is 0 Å². The highest BCUT2D eigenvalue weighted by Crippen LogP contribution is 2.46. The second-order valence-electron chi connectivity index (χ2n) is 8.01. The van der Waals surface area contributed by atoms with Gasteiger partial charge >= 0.3 is 0 Å². The van der Waals surface area contributed by atoms with E-state index in [1.54, 1.807) is 0 Å². The van der Waals surface area contributed by atoms with Crippen LogP contribution < -0.4 is 4.57 Å². The average molecular weight is 387 g/mol. The maximum atomic E-state index is 2.53. The largest absolute Gasteiger partial charge is 0.284 e. The SMILES string of the molecule is c1ccc2c(c1)c1ccc3sc4ccc[n+]5c4c3c1c1c2c2ccccc2n1C5. The van der Waals surface area contributed by atoms with Crippen LogP contribution in [0.1, 0.15) is 0 Å². The fourth-order valence-electron chi connectivity index (χ4n) is 5.56. The first kappa shape index (κ1) is 14.6. The minimum absolute atomic E-state index is 0.843. The van der Waals surface area contributed by atoms with Gasteiger partial charge in [-0.1, -0.05) is 48.5 Å². The summed E-state index contributed by atoms with van der Waals surface area (Å²) in [6, 6.07) is 26.9. The van der Waals surface area contributed by atoms with Gasteiger partial charge in [-0.2, -0.15) is 4.57 Å². The normalized spacial score (nSPS) is 13.4. The Balaban J connectivity index is 1.88. The smallest absolute Gasteiger partial charge is 0.233 e. The minimum atomic E-state index is 0.843. The molecule has 134 valence electrons. The highest BCUT2D eigenvalue weighted by molar-refractivity contribution is 7.25. The fourth-order valence-corrected chi connectivity index (χ4v) is 6.70. The molecule has 0 amide bonds. The fraction of sp³-hybridized carbons (Fsp3) is 0.0385. The zero-order valence-electron chi connectivity index (χ0n) is 15.5. The number of aromatic nitrogens is 2. The highest BCUT2D eigenvalue weighted by Gasteiger charge is 2.27. The predicted molar refractivity (Wildman–Crippen MR) is 123 cm³/mol. The standard InChI is InChI=1S/C26H15N2S/c1-2-7-16-15(6-1)17-11-12-20-24-23(17)26-22(16)18-8-3-4-9-19(18)28(26)14-27-13-5-10-21(29-20)25(24)27/h1-13H,14H2/q+1. The van der Waals surface area contributed by atoms with E-state index in [0.717, 1.165) is 6.67 Å². The van der Waals surface area contributed by atoms with Gasteiger partial charge in [0, 0.05) is 26.9 Å². The lowest BCUT2D eigenvalue weighted by atomic mass is 9.95. The summed E-state index contributed by atoms with van der Waals surface area (Å²) in [5.41, 5.74) is 4.08. The van der Waals surface area contributed by atoms with E-state index >= 15 is 0 Å². The molecular weight excluding hydrogens is 372 g/mol. The van der Waals surface area contributed by atoms with Gasteiger partial charge in [0.05, 0.1) is 16.4 Å². The van der Waals surface area contributed by atoms with Gasteiger partial charge in [-0.05, 0) is 34.4 Å². The molecule has 0 saturated heterocycles. The maximum Gasteiger partial charge on any atom is 0.233 e.